The number of nitrogens with two attached hydrogens (primary N) is 1. The molecule has 0 saturated heterocycles. The van der Waals surface area contributed by atoms with Gasteiger partial charge in [0.05, 0.1) is 9.82 Å². The molecule has 1 heterocycles. The first-order valence-electron chi connectivity index (χ1n) is 5.33. The molecule has 1 aromatic heterocycles. The number of nitrogen functional groups attached to an aromatic ring is 1. The van der Waals surface area contributed by atoms with Gasteiger partial charge in [-0.3, -0.25) is 10.1 Å². The Morgan fingerprint density at radius 1 is 1.37 bits per heavy atom. The summed E-state index contributed by atoms with van der Waals surface area (Å²) in [7, 11) is 0. The largest absolute Gasteiger partial charge is 0.308 e. The molecule has 0 saturated carbocycles. The van der Waals surface area contributed by atoms with Crippen LogP contribution in [0.4, 0.5) is 11.5 Å². The number of para-hydroxylation sites is 1. The summed E-state index contributed by atoms with van der Waals surface area (Å²) in [6.07, 6.45) is 0. The van der Waals surface area contributed by atoms with E-state index in [1.807, 2.05) is 0 Å². The summed E-state index contributed by atoms with van der Waals surface area (Å²) < 4.78 is 0. The smallest absolute Gasteiger partial charge is 0.283 e. The third-order valence-corrected chi connectivity index (χ3v) is 3.22. The normalized spacial score (nSPS) is 10.2. The molecule has 1 aromatic carbocycles. The number of rotatable bonds is 4. The van der Waals surface area contributed by atoms with E-state index < -0.39 is 4.92 Å². The van der Waals surface area contributed by atoms with Crippen molar-refractivity contribution >= 4 is 23.3 Å². The molecule has 19 heavy (non-hydrogen) atoms. The van der Waals surface area contributed by atoms with E-state index in [2.05, 4.69) is 15.4 Å². The lowest BCUT2D eigenvalue weighted by atomic mass is 10.3. The number of nitrogens with zero attached hydrogens (tertiary/aromatic N) is 3. The predicted octanol–water partition coefficient (Wildman–Crippen LogP) is 2.13. The SMILES string of the molecule is Cc1nc(NN)cc(Sc2ccccc2[N+](=O)[O-])n1. The summed E-state index contributed by atoms with van der Waals surface area (Å²) in [6.45, 7) is 1.73. The summed E-state index contributed by atoms with van der Waals surface area (Å²) in [5.74, 6) is 6.31. The van der Waals surface area contributed by atoms with Crippen LogP contribution in [0.5, 0.6) is 0 Å². The summed E-state index contributed by atoms with van der Waals surface area (Å²) in [5, 5.41) is 11.5. The number of aromatic nitrogens is 2. The molecule has 3 N–H and O–H groups in total. The van der Waals surface area contributed by atoms with E-state index in [-0.39, 0.29) is 5.69 Å². The molecule has 98 valence electrons. The summed E-state index contributed by atoms with van der Waals surface area (Å²) in [4.78, 5) is 19.3. The average Bonchev–Trinajstić information content (AvgIpc) is 2.38. The number of hydrogen-bond acceptors (Lipinski definition) is 7. The average molecular weight is 277 g/mol. The highest BCUT2D eigenvalue weighted by atomic mass is 32.2. The summed E-state index contributed by atoms with van der Waals surface area (Å²) in [5.41, 5.74) is 2.48. The van der Waals surface area contributed by atoms with Crippen LogP contribution in [-0.2, 0) is 0 Å². The van der Waals surface area contributed by atoms with Crippen molar-refractivity contribution < 1.29 is 4.92 Å². The van der Waals surface area contributed by atoms with Gasteiger partial charge in [0.15, 0.2) is 0 Å². The van der Waals surface area contributed by atoms with E-state index in [4.69, 9.17) is 5.84 Å². The van der Waals surface area contributed by atoms with Crippen LogP contribution in [0.25, 0.3) is 0 Å². The van der Waals surface area contributed by atoms with Crippen LogP contribution in [0.1, 0.15) is 5.82 Å². The van der Waals surface area contributed by atoms with Gasteiger partial charge in [-0.1, -0.05) is 23.9 Å². The molecule has 7 nitrogen and oxygen atoms in total. The highest BCUT2D eigenvalue weighted by Gasteiger charge is 2.14. The lowest BCUT2D eigenvalue weighted by Gasteiger charge is -2.05. The maximum absolute atomic E-state index is 10.9. The Morgan fingerprint density at radius 2 is 2.11 bits per heavy atom. The van der Waals surface area contributed by atoms with Crippen molar-refractivity contribution in [2.75, 3.05) is 5.43 Å². The second-order valence-electron chi connectivity index (χ2n) is 3.61. The van der Waals surface area contributed by atoms with Gasteiger partial charge in [-0.15, -0.1) is 0 Å². The maximum Gasteiger partial charge on any atom is 0.283 e. The molecule has 0 bridgehead atoms. The lowest BCUT2D eigenvalue weighted by molar-refractivity contribution is -0.387. The zero-order chi connectivity index (χ0) is 13.8. The second-order valence-corrected chi connectivity index (χ2v) is 4.67. The van der Waals surface area contributed by atoms with Crippen LogP contribution < -0.4 is 11.3 Å². The molecular weight excluding hydrogens is 266 g/mol. The standard InChI is InChI=1S/C11H11N5O2S/c1-7-13-10(15-12)6-11(14-7)19-9-5-3-2-4-8(9)16(17)18/h2-6H,12H2,1H3,(H,13,14,15). The van der Waals surface area contributed by atoms with E-state index >= 15 is 0 Å². The second kappa shape index (κ2) is 5.63. The van der Waals surface area contributed by atoms with Crippen molar-refractivity contribution in [3.05, 3.63) is 46.3 Å². The van der Waals surface area contributed by atoms with E-state index in [1.54, 1.807) is 31.2 Å². The van der Waals surface area contributed by atoms with Crippen LogP contribution >= 0.6 is 11.8 Å². The number of hydrazine groups is 1. The van der Waals surface area contributed by atoms with E-state index in [0.29, 0.717) is 21.6 Å². The summed E-state index contributed by atoms with van der Waals surface area (Å²) in [6, 6.07) is 8.13. The van der Waals surface area contributed by atoms with E-state index in [0.717, 1.165) is 0 Å². The van der Waals surface area contributed by atoms with Gasteiger partial charge < -0.3 is 5.43 Å². The zero-order valence-corrected chi connectivity index (χ0v) is 10.8. The molecule has 0 aliphatic heterocycles. The van der Waals surface area contributed by atoms with Crippen molar-refractivity contribution in [1.82, 2.24) is 9.97 Å². The molecule has 0 aliphatic carbocycles. The van der Waals surface area contributed by atoms with Crippen molar-refractivity contribution in [1.29, 1.82) is 0 Å². The third-order valence-electron chi connectivity index (χ3n) is 2.24. The first-order valence-corrected chi connectivity index (χ1v) is 6.15. The monoisotopic (exact) mass is 277 g/mol. The lowest BCUT2D eigenvalue weighted by Crippen LogP contribution is -2.09. The Hall–Kier alpha value is -2.19. The Kier molecular flexibility index (Phi) is 3.93. The number of nitrogens with one attached hydrogen (secondary N) is 1. The molecule has 8 heteroatoms. The zero-order valence-electron chi connectivity index (χ0n) is 10.0. The maximum atomic E-state index is 10.9. The Balaban J connectivity index is 2.36. The molecule has 0 spiro atoms. The molecule has 0 atom stereocenters. The quantitative estimate of drug-likeness (QED) is 0.381. The van der Waals surface area contributed by atoms with Crippen LogP contribution in [0, 0.1) is 17.0 Å². The highest BCUT2D eigenvalue weighted by molar-refractivity contribution is 7.99. The van der Waals surface area contributed by atoms with Gasteiger partial charge in [-0.05, 0) is 13.0 Å². The van der Waals surface area contributed by atoms with Crippen molar-refractivity contribution in [2.45, 2.75) is 16.8 Å². The first kappa shape index (κ1) is 13.2. The number of benzene rings is 1. The van der Waals surface area contributed by atoms with Crippen LogP contribution in [0.2, 0.25) is 0 Å². The van der Waals surface area contributed by atoms with Crippen molar-refractivity contribution in [3.63, 3.8) is 0 Å². The minimum atomic E-state index is -0.418. The van der Waals surface area contributed by atoms with Crippen LogP contribution in [0.3, 0.4) is 0 Å². The molecule has 0 fully saturated rings. The molecule has 0 amide bonds. The van der Waals surface area contributed by atoms with Gasteiger partial charge in [-0.2, -0.15) is 0 Å². The van der Waals surface area contributed by atoms with Gasteiger partial charge in [0.1, 0.15) is 16.7 Å². The first-order chi connectivity index (χ1) is 9.10. The Bertz CT molecular complexity index is 620. The molecule has 0 unspecified atom stereocenters. The van der Waals surface area contributed by atoms with Gasteiger partial charge in [0, 0.05) is 12.1 Å². The van der Waals surface area contributed by atoms with Crippen LogP contribution in [-0.4, -0.2) is 14.9 Å². The van der Waals surface area contributed by atoms with E-state index in [1.165, 1.54) is 17.8 Å². The minimum absolute atomic E-state index is 0.0472. The minimum Gasteiger partial charge on any atom is -0.308 e. The molecule has 2 rings (SSSR count). The fourth-order valence-electron chi connectivity index (χ4n) is 1.47. The van der Waals surface area contributed by atoms with Crippen LogP contribution in [0.15, 0.2) is 40.3 Å². The summed E-state index contributed by atoms with van der Waals surface area (Å²) >= 11 is 1.20. The fourth-order valence-corrected chi connectivity index (χ4v) is 2.44. The van der Waals surface area contributed by atoms with Gasteiger partial charge >= 0.3 is 0 Å². The van der Waals surface area contributed by atoms with E-state index in [9.17, 15) is 10.1 Å². The molecule has 0 aliphatic rings. The number of hydrogen-bond donors (Lipinski definition) is 2. The van der Waals surface area contributed by atoms with Gasteiger partial charge in [0.25, 0.3) is 5.69 Å². The predicted molar refractivity (Wildman–Crippen MR) is 71.8 cm³/mol. The molecular formula is C11H11N5O2S. The highest BCUT2D eigenvalue weighted by Crippen LogP contribution is 2.33. The Labute approximate surface area is 113 Å². The van der Waals surface area contributed by atoms with Crippen molar-refractivity contribution in [3.8, 4) is 0 Å². The number of nitro benzene ring substituents is 1. The molecule has 2 aromatic rings. The topological polar surface area (TPSA) is 107 Å². The fraction of sp³-hybridized carbons (Fsp3) is 0.0909. The van der Waals surface area contributed by atoms with Gasteiger partial charge in [-0.25, -0.2) is 15.8 Å². The van der Waals surface area contributed by atoms with Crippen molar-refractivity contribution in [2.24, 2.45) is 5.84 Å². The Morgan fingerprint density at radius 3 is 2.79 bits per heavy atom. The van der Waals surface area contributed by atoms with Gasteiger partial charge in [0.2, 0.25) is 0 Å². The number of aryl methyl sites for hydroxylation is 1. The number of anilines is 1. The number of nitro groups is 1. The molecule has 0 radical (unpaired) electrons. The third kappa shape index (κ3) is 3.18.